The fourth-order valence-electron chi connectivity index (χ4n) is 4.23. The molecule has 2 N–H and O–H groups in total. The van der Waals surface area contributed by atoms with Crippen molar-refractivity contribution in [2.45, 2.75) is 12.6 Å². The van der Waals surface area contributed by atoms with Gasteiger partial charge >= 0.3 is 0 Å². The molecule has 1 aliphatic heterocycles. The van der Waals surface area contributed by atoms with Crippen molar-refractivity contribution >= 4 is 16.7 Å². The summed E-state index contributed by atoms with van der Waals surface area (Å²) in [5, 5.41) is 10.5. The predicted molar refractivity (Wildman–Crippen MR) is 123 cm³/mol. The number of piperazine rings is 1. The van der Waals surface area contributed by atoms with E-state index in [0.29, 0.717) is 29.1 Å². The summed E-state index contributed by atoms with van der Waals surface area (Å²) in [6, 6.07) is 17.6. The van der Waals surface area contributed by atoms with Crippen LogP contribution in [0.2, 0.25) is 0 Å². The molecule has 32 heavy (non-hydrogen) atoms. The van der Waals surface area contributed by atoms with Crippen molar-refractivity contribution in [2.24, 2.45) is 0 Å². The number of benzene rings is 1. The molecule has 1 unspecified atom stereocenters. The van der Waals surface area contributed by atoms with Gasteiger partial charge in [0.2, 0.25) is 5.88 Å². The molecular formula is C24H27N5O3. The highest BCUT2D eigenvalue weighted by atomic mass is 16.5. The third-order valence-corrected chi connectivity index (χ3v) is 5.91. The highest BCUT2D eigenvalue weighted by molar-refractivity contribution is 5.74. The van der Waals surface area contributed by atoms with Crippen LogP contribution in [-0.4, -0.2) is 74.7 Å². The molecule has 3 aromatic heterocycles. The summed E-state index contributed by atoms with van der Waals surface area (Å²) < 4.78 is 7.51. The Kier molecular flexibility index (Phi) is 5.89. The Morgan fingerprint density at radius 2 is 1.78 bits per heavy atom. The van der Waals surface area contributed by atoms with Crippen molar-refractivity contribution in [1.82, 2.24) is 24.2 Å². The number of hydrogen-bond acceptors (Lipinski definition) is 6. The summed E-state index contributed by atoms with van der Waals surface area (Å²) in [7, 11) is 0. The lowest BCUT2D eigenvalue weighted by Crippen LogP contribution is -2.48. The first-order valence-corrected chi connectivity index (χ1v) is 11.0. The monoisotopic (exact) mass is 433 g/mol. The molecule has 8 nitrogen and oxygen atoms in total. The summed E-state index contributed by atoms with van der Waals surface area (Å²) in [6.45, 7) is 5.53. The van der Waals surface area contributed by atoms with Crippen molar-refractivity contribution in [3.05, 3.63) is 76.7 Å². The van der Waals surface area contributed by atoms with Crippen LogP contribution in [0.5, 0.6) is 5.88 Å². The Hall–Kier alpha value is -3.20. The van der Waals surface area contributed by atoms with E-state index in [1.54, 1.807) is 28.8 Å². The van der Waals surface area contributed by atoms with Gasteiger partial charge in [0.15, 0.2) is 5.65 Å². The van der Waals surface area contributed by atoms with Crippen LogP contribution in [-0.2, 0) is 6.54 Å². The minimum Gasteiger partial charge on any atom is -0.475 e. The predicted octanol–water partition coefficient (Wildman–Crippen LogP) is 1.73. The van der Waals surface area contributed by atoms with Crippen LogP contribution >= 0.6 is 0 Å². The fourth-order valence-corrected chi connectivity index (χ4v) is 4.23. The average molecular weight is 434 g/mol. The van der Waals surface area contributed by atoms with Crippen LogP contribution in [0.25, 0.3) is 16.7 Å². The molecule has 1 aliphatic rings. The van der Waals surface area contributed by atoms with Gasteiger partial charge in [0.1, 0.15) is 18.2 Å². The number of aliphatic hydroxyl groups is 1. The van der Waals surface area contributed by atoms with Gasteiger partial charge in [-0.05, 0) is 23.8 Å². The van der Waals surface area contributed by atoms with Crippen LogP contribution < -0.4 is 10.3 Å². The zero-order valence-corrected chi connectivity index (χ0v) is 17.9. The van der Waals surface area contributed by atoms with Crippen molar-refractivity contribution in [3.8, 4) is 5.88 Å². The number of β-amino-alcohol motifs (C(OH)–C–C–N with tert-alkyl or cyclic N) is 1. The third kappa shape index (κ3) is 4.52. The maximum absolute atomic E-state index is 12.1. The molecule has 166 valence electrons. The highest BCUT2D eigenvalue weighted by Gasteiger charge is 2.20. The van der Waals surface area contributed by atoms with Gasteiger partial charge in [-0.2, -0.15) is 4.98 Å². The largest absolute Gasteiger partial charge is 0.475 e. The topological polar surface area (TPSA) is 86.1 Å². The molecule has 1 aromatic carbocycles. The molecule has 4 aromatic rings. The van der Waals surface area contributed by atoms with E-state index in [9.17, 15) is 9.90 Å². The van der Waals surface area contributed by atoms with Crippen molar-refractivity contribution in [2.75, 3.05) is 39.3 Å². The van der Waals surface area contributed by atoms with Crippen LogP contribution in [0.3, 0.4) is 0 Å². The van der Waals surface area contributed by atoms with Gasteiger partial charge in [-0.25, -0.2) is 0 Å². The maximum Gasteiger partial charge on any atom is 0.272 e. The Balaban J connectivity index is 1.14. The molecule has 0 saturated carbocycles. The summed E-state index contributed by atoms with van der Waals surface area (Å²) >= 11 is 0. The van der Waals surface area contributed by atoms with Crippen LogP contribution in [0.1, 0.15) is 5.56 Å². The van der Waals surface area contributed by atoms with Crippen molar-refractivity contribution < 1.29 is 9.84 Å². The molecule has 1 saturated heterocycles. The number of pyridine rings is 1. The molecular weight excluding hydrogens is 406 g/mol. The van der Waals surface area contributed by atoms with Gasteiger partial charge in [-0.1, -0.05) is 30.3 Å². The Morgan fingerprint density at radius 1 is 1.00 bits per heavy atom. The second-order valence-electron chi connectivity index (χ2n) is 8.27. The van der Waals surface area contributed by atoms with E-state index in [0.717, 1.165) is 32.7 Å². The van der Waals surface area contributed by atoms with E-state index in [4.69, 9.17) is 4.74 Å². The molecule has 1 atom stereocenters. The van der Waals surface area contributed by atoms with Crippen molar-refractivity contribution in [3.63, 3.8) is 0 Å². The smallest absolute Gasteiger partial charge is 0.272 e. The minimum atomic E-state index is -0.602. The van der Waals surface area contributed by atoms with E-state index in [1.807, 2.05) is 12.1 Å². The van der Waals surface area contributed by atoms with E-state index in [1.165, 1.54) is 5.56 Å². The van der Waals surface area contributed by atoms with Crippen LogP contribution in [0, 0.1) is 0 Å². The number of hydrogen-bond donors (Lipinski definition) is 2. The molecule has 0 bridgehead atoms. The molecule has 8 heteroatoms. The van der Waals surface area contributed by atoms with E-state index in [2.05, 4.69) is 44.0 Å². The first kappa shape index (κ1) is 20.7. The second-order valence-corrected chi connectivity index (χ2v) is 8.27. The lowest BCUT2D eigenvalue weighted by Gasteiger charge is -2.35. The van der Waals surface area contributed by atoms with Crippen molar-refractivity contribution in [1.29, 1.82) is 0 Å². The first-order chi connectivity index (χ1) is 15.7. The van der Waals surface area contributed by atoms with E-state index in [-0.39, 0.29) is 12.2 Å². The molecule has 1 fully saturated rings. The van der Waals surface area contributed by atoms with Crippen LogP contribution in [0.4, 0.5) is 0 Å². The summed E-state index contributed by atoms with van der Waals surface area (Å²) in [6.07, 6.45) is 1.20. The molecule has 0 aliphatic carbocycles. The number of rotatable bonds is 7. The van der Waals surface area contributed by atoms with E-state index >= 15 is 0 Å². The first-order valence-electron chi connectivity index (χ1n) is 11.0. The highest BCUT2D eigenvalue weighted by Crippen LogP contribution is 2.16. The lowest BCUT2D eigenvalue weighted by atomic mass is 10.2. The Labute approximate surface area is 185 Å². The second kappa shape index (κ2) is 9.12. The Bertz CT molecular complexity index is 1240. The standard InChI is InChI=1S/C24H27N5O3/c30-19(16-28-13-11-27(12-14-28)15-18-5-2-1-3-6-18)17-32-22-9-8-20-23(26-22)29-10-4-7-21(29)24(31)25-20/h1-10,19,30H,11-17H2,(H,25,31). The van der Waals surface area contributed by atoms with Gasteiger partial charge < -0.3 is 14.8 Å². The summed E-state index contributed by atoms with van der Waals surface area (Å²) in [5.74, 6) is 0.422. The number of ether oxygens (including phenoxy) is 1. The van der Waals surface area contributed by atoms with Gasteiger partial charge in [-0.3, -0.25) is 19.0 Å². The quantitative estimate of drug-likeness (QED) is 0.462. The molecule has 0 radical (unpaired) electrons. The SMILES string of the molecule is O=c1[nH]c2ccc(OCC(O)CN3CCN(Cc4ccccc4)CC3)nc2n2cccc12. The van der Waals surface area contributed by atoms with Gasteiger partial charge in [0, 0.05) is 51.5 Å². The lowest BCUT2D eigenvalue weighted by molar-refractivity contribution is 0.0436. The number of nitrogens with zero attached hydrogens (tertiary/aromatic N) is 4. The summed E-state index contributed by atoms with van der Waals surface area (Å²) in [5.41, 5.74) is 2.97. The Morgan fingerprint density at radius 3 is 2.59 bits per heavy atom. The number of H-pyrrole nitrogens is 1. The molecule has 5 rings (SSSR count). The number of aliphatic hydroxyl groups excluding tert-OH is 1. The van der Waals surface area contributed by atoms with Crippen LogP contribution in [0.15, 0.2) is 65.6 Å². The van der Waals surface area contributed by atoms with Gasteiger partial charge in [0.25, 0.3) is 5.56 Å². The number of nitrogens with one attached hydrogen (secondary N) is 1. The zero-order valence-electron chi connectivity index (χ0n) is 17.9. The maximum atomic E-state index is 12.1. The van der Waals surface area contributed by atoms with E-state index < -0.39 is 6.10 Å². The number of aromatic amines is 1. The minimum absolute atomic E-state index is 0.155. The average Bonchev–Trinajstić information content (AvgIpc) is 3.31. The molecule has 0 spiro atoms. The molecule has 0 amide bonds. The fraction of sp³-hybridized carbons (Fsp3) is 0.333. The molecule has 4 heterocycles. The zero-order chi connectivity index (χ0) is 21.9. The number of fused-ring (bicyclic) bond motifs is 3. The van der Waals surface area contributed by atoms with Gasteiger partial charge in [-0.15, -0.1) is 0 Å². The van der Waals surface area contributed by atoms with Gasteiger partial charge in [0.05, 0.1) is 5.52 Å². The normalized spacial score (nSPS) is 16.5. The summed E-state index contributed by atoms with van der Waals surface area (Å²) in [4.78, 5) is 24.2. The number of aromatic nitrogens is 3. The third-order valence-electron chi connectivity index (χ3n) is 5.91.